The van der Waals surface area contributed by atoms with E-state index in [-0.39, 0.29) is 17.3 Å². The fourth-order valence-corrected chi connectivity index (χ4v) is 3.37. The van der Waals surface area contributed by atoms with Crippen LogP contribution >= 0.6 is 0 Å². The van der Waals surface area contributed by atoms with Crippen molar-refractivity contribution >= 4 is 10.0 Å². The quantitative estimate of drug-likeness (QED) is 0.850. The number of nitrogens with zero attached hydrogens (tertiary/aromatic N) is 1. The number of aryl methyl sites for hydroxylation is 1. The number of hydrogen-bond acceptors (Lipinski definition) is 3. The second-order valence-corrected chi connectivity index (χ2v) is 7.06. The first-order valence-corrected chi connectivity index (χ1v) is 8.14. The maximum atomic E-state index is 12.9. The maximum Gasteiger partial charge on any atom is 0.243 e. The fraction of sp³-hybridized carbons (Fsp3) is 0.250. The topological polar surface area (TPSA) is 46.6 Å². The lowest BCUT2D eigenvalue weighted by Gasteiger charge is -2.18. The summed E-state index contributed by atoms with van der Waals surface area (Å²) in [5.41, 5.74) is 1.47. The third-order valence-corrected chi connectivity index (χ3v) is 5.19. The van der Waals surface area contributed by atoms with E-state index in [4.69, 9.17) is 4.74 Å². The maximum absolute atomic E-state index is 12.9. The number of halogens is 1. The highest BCUT2D eigenvalue weighted by Gasteiger charge is 2.21. The van der Waals surface area contributed by atoms with Crippen LogP contribution in [0, 0.1) is 12.7 Å². The van der Waals surface area contributed by atoms with Crippen LogP contribution in [0.2, 0.25) is 0 Å². The number of ether oxygens (including phenoxy) is 1. The van der Waals surface area contributed by atoms with Gasteiger partial charge in [-0.2, -0.15) is 4.31 Å². The summed E-state index contributed by atoms with van der Waals surface area (Å²) < 4.78 is 44.4. The van der Waals surface area contributed by atoms with Gasteiger partial charge in [0.2, 0.25) is 10.0 Å². The molecule has 0 fully saturated rings. The molecule has 0 N–H and O–H groups in total. The van der Waals surface area contributed by atoms with E-state index in [1.165, 1.54) is 36.7 Å². The number of sulfonamides is 1. The van der Waals surface area contributed by atoms with E-state index < -0.39 is 10.0 Å². The van der Waals surface area contributed by atoms with Crippen molar-refractivity contribution in [3.05, 3.63) is 59.4 Å². The predicted molar refractivity (Wildman–Crippen MR) is 82.8 cm³/mol. The van der Waals surface area contributed by atoms with Gasteiger partial charge in [0.15, 0.2) is 0 Å². The largest absolute Gasteiger partial charge is 0.496 e. The molecule has 0 saturated heterocycles. The molecule has 0 radical (unpaired) electrons. The Bertz CT molecular complexity index is 757. The van der Waals surface area contributed by atoms with E-state index >= 15 is 0 Å². The second-order valence-electron chi connectivity index (χ2n) is 5.02. The molecule has 2 aromatic carbocycles. The Morgan fingerprint density at radius 1 is 1.14 bits per heavy atom. The van der Waals surface area contributed by atoms with E-state index in [1.807, 2.05) is 0 Å². The van der Waals surface area contributed by atoms with E-state index in [1.54, 1.807) is 31.2 Å². The Morgan fingerprint density at radius 3 is 2.32 bits per heavy atom. The van der Waals surface area contributed by atoms with Crippen molar-refractivity contribution in [3.63, 3.8) is 0 Å². The molecule has 2 rings (SSSR count). The lowest BCUT2D eigenvalue weighted by Crippen LogP contribution is -2.26. The molecule has 0 unspecified atom stereocenters. The van der Waals surface area contributed by atoms with Gasteiger partial charge >= 0.3 is 0 Å². The summed E-state index contributed by atoms with van der Waals surface area (Å²) in [7, 11) is -0.574. The first-order chi connectivity index (χ1) is 10.3. The van der Waals surface area contributed by atoms with Crippen LogP contribution in [0.3, 0.4) is 0 Å². The highest BCUT2D eigenvalue weighted by atomic mass is 32.2. The summed E-state index contributed by atoms with van der Waals surface area (Å²) >= 11 is 0. The average molecular weight is 323 g/mol. The lowest BCUT2D eigenvalue weighted by molar-refractivity contribution is 0.411. The SMILES string of the molecule is COc1ccc(S(=O)(=O)N(C)Cc2ccc(F)cc2)cc1C. The molecule has 0 heterocycles. The normalized spacial score (nSPS) is 11.7. The van der Waals surface area contributed by atoms with Crippen molar-refractivity contribution in [1.82, 2.24) is 4.31 Å². The van der Waals surface area contributed by atoms with Gasteiger partial charge < -0.3 is 4.74 Å². The van der Waals surface area contributed by atoms with Gasteiger partial charge in [0, 0.05) is 13.6 Å². The Morgan fingerprint density at radius 2 is 1.77 bits per heavy atom. The van der Waals surface area contributed by atoms with E-state index in [0.29, 0.717) is 5.75 Å². The molecule has 0 amide bonds. The highest BCUT2D eigenvalue weighted by Crippen LogP contribution is 2.24. The minimum absolute atomic E-state index is 0.174. The van der Waals surface area contributed by atoms with Gasteiger partial charge in [-0.1, -0.05) is 12.1 Å². The molecule has 6 heteroatoms. The van der Waals surface area contributed by atoms with Crippen molar-refractivity contribution < 1.29 is 17.5 Å². The molecule has 0 aliphatic heterocycles. The number of hydrogen-bond donors (Lipinski definition) is 0. The molecule has 0 saturated carbocycles. The highest BCUT2D eigenvalue weighted by molar-refractivity contribution is 7.89. The summed E-state index contributed by atoms with van der Waals surface area (Å²) in [5.74, 6) is 0.292. The molecule has 0 atom stereocenters. The number of rotatable bonds is 5. The van der Waals surface area contributed by atoms with Gasteiger partial charge in [-0.15, -0.1) is 0 Å². The van der Waals surface area contributed by atoms with Crippen LogP contribution in [0.5, 0.6) is 5.75 Å². The summed E-state index contributed by atoms with van der Waals surface area (Å²) in [6.45, 7) is 1.96. The molecule has 22 heavy (non-hydrogen) atoms. The summed E-state index contributed by atoms with van der Waals surface area (Å²) in [5, 5.41) is 0. The van der Waals surface area contributed by atoms with Crippen LogP contribution in [0.15, 0.2) is 47.4 Å². The summed E-state index contributed by atoms with van der Waals surface area (Å²) in [4.78, 5) is 0.204. The van der Waals surface area contributed by atoms with Gasteiger partial charge in [0.05, 0.1) is 12.0 Å². The van der Waals surface area contributed by atoms with Crippen LogP contribution in [0.1, 0.15) is 11.1 Å². The molecule has 0 aromatic heterocycles. The minimum atomic E-state index is -3.61. The van der Waals surface area contributed by atoms with Gasteiger partial charge in [-0.3, -0.25) is 0 Å². The van der Waals surface area contributed by atoms with E-state index in [9.17, 15) is 12.8 Å². The van der Waals surface area contributed by atoms with Crippen LogP contribution in [-0.2, 0) is 16.6 Å². The van der Waals surface area contributed by atoms with Gasteiger partial charge in [0.25, 0.3) is 0 Å². The zero-order chi connectivity index (χ0) is 16.3. The Kier molecular flexibility index (Phi) is 4.83. The van der Waals surface area contributed by atoms with Crippen LogP contribution in [0.4, 0.5) is 4.39 Å². The molecular formula is C16H18FNO3S. The van der Waals surface area contributed by atoms with Crippen molar-refractivity contribution in [2.75, 3.05) is 14.2 Å². The molecule has 118 valence electrons. The van der Waals surface area contributed by atoms with Crippen LogP contribution < -0.4 is 4.74 Å². The van der Waals surface area contributed by atoms with Crippen molar-refractivity contribution in [2.45, 2.75) is 18.4 Å². The third-order valence-electron chi connectivity index (χ3n) is 3.39. The standard InChI is InChI=1S/C16H18FNO3S/c1-12-10-15(8-9-16(12)21-3)22(19,20)18(2)11-13-4-6-14(17)7-5-13/h4-10H,11H2,1-3H3. The van der Waals surface area contributed by atoms with Crippen LogP contribution in [0.25, 0.3) is 0 Å². The first kappa shape index (κ1) is 16.5. The molecule has 2 aromatic rings. The zero-order valence-electron chi connectivity index (χ0n) is 12.7. The molecule has 0 bridgehead atoms. The van der Waals surface area contributed by atoms with Gasteiger partial charge in [0.1, 0.15) is 11.6 Å². The monoisotopic (exact) mass is 323 g/mol. The fourth-order valence-electron chi connectivity index (χ4n) is 2.12. The second kappa shape index (κ2) is 6.46. The molecular weight excluding hydrogens is 305 g/mol. The van der Waals surface area contributed by atoms with Crippen molar-refractivity contribution in [2.24, 2.45) is 0 Å². The average Bonchev–Trinajstić information content (AvgIpc) is 2.49. The predicted octanol–water partition coefficient (Wildman–Crippen LogP) is 2.96. The van der Waals surface area contributed by atoms with Gasteiger partial charge in [-0.25, -0.2) is 12.8 Å². The first-order valence-electron chi connectivity index (χ1n) is 6.70. The van der Waals surface area contributed by atoms with Gasteiger partial charge in [-0.05, 0) is 48.4 Å². The lowest BCUT2D eigenvalue weighted by atomic mass is 10.2. The van der Waals surface area contributed by atoms with E-state index in [2.05, 4.69) is 0 Å². The molecule has 0 spiro atoms. The van der Waals surface area contributed by atoms with Crippen molar-refractivity contribution in [1.29, 1.82) is 0 Å². The smallest absolute Gasteiger partial charge is 0.243 e. The van der Waals surface area contributed by atoms with Crippen LogP contribution in [-0.4, -0.2) is 26.9 Å². The number of methoxy groups -OCH3 is 1. The molecule has 0 aliphatic rings. The zero-order valence-corrected chi connectivity index (χ0v) is 13.5. The summed E-state index contributed by atoms with van der Waals surface area (Å²) in [6.07, 6.45) is 0. The van der Waals surface area contributed by atoms with E-state index in [0.717, 1.165) is 11.1 Å². The van der Waals surface area contributed by atoms with Crippen molar-refractivity contribution in [3.8, 4) is 5.75 Å². The Hall–Kier alpha value is -1.92. The Labute approximate surface area is 130 Å². The minimum Gasteiger partial charge on any atom is -0.496 e. The third kappa shape index (κ3) is 3.45. The Balaban J connectivity index is 2.25. The molecule has 4 nitrogen and oxygen atoms in total. The summed E-state index contributed by atoms with van der Waals surface area (Å²) in [6, 6.07) is 10.5. The number of benzene rings is 2. The molecule has 0 aliphatic carbocycles.